The van der Waals surface area contributed by atoms with Crippen molar-refractivity contribution in [1.29, 1.82) is 0 Å². The molecule has 0 saturated heterocycles. The Hall–Kier alpha value is 2.74. The maximum absolute atomic E-state index is 8.44. The van der Waals surface area contributed by atoms with E-state index in [4.69, 9.17) is 39.9 Å². The Kier molecular flexibility index (Phi) is 127. The van der Waals surface area contributed by atoms with Crippen molar-refractivity contribution in [3.63, 3.8) is 0 Å². The molecule has 0 aliphatic heterocycles. The largest absolute Gasteiger partial charge is 3.00 e. The molecule has 0 aromatic carbocycles. The Balaban J connectivity index is -0.0000000104. The van der Waals surface area contributed by atoms with Gasteiger partial charge in [0.25, 0.3) is 0 Å². The summed E-state index contributed by atoms with van der Waals surface area (Å²) in [4.78, 5) is 0. The predicted octanol–water partition coefficient (Wildman–Crippen LogP) is -5.49. The fourth-order valence-electron chi connectivity index (χ4n) is 0. The Morgan fingerprint density at radius 3 is 0.471 bits per heavy atom. The van der Waals surface area contributed by atoms with E-state index in [0.29, 0.717) is 0 Å². The average molecular weight is 609 g/mol. The predicted molar refractivity (Wildman–Crippen MR) is 39.9 cm³/mol. The summed E-state index contributed by atoms with van der Waals surface area (Å²) in [6.07, 6.45) is 0. The molecule has 12 nitrogen and oxygen atoms in total. The second kappa shape index (κ2) is 42.8. The molecule has 0 aromatic heterocycles. The van der Waals surface area contributed by atoms with Gasteiger partial charge in [0.2, 0.25) is 0 Å². The van der Waals surface area contributed by atoms with Gasteiger partial charge in [0.15, 0.2) is 0 Å². The van der Waals surface area contributed by atoms with Crippen LogP contribution >= 0.6 is 0 Å². The molecular formula is H6Gd2O12S3. The standard InChI is InChI=1S/2Gd.3H2O3S.3H2O/c;;3*1-4(2)3;;;/h;;3*(H2,1,2,3);3*1H2/q2*+3;;;;;;/p-6. The van der Waals surface area contributed by atoms with E-state index in [1.54, 1.807) is 0 Å². The zero-order valence-electron chi connectivity index (χ0n) is 7.11. The van der Waals surface area contributed by atoms with Crippen LogP contribution in [-0.2, 0) is 34.1 Å². The van der Waals surface area contributed by atoms with Crippen LogP contribution in [0.5, 0.6) is 0 Å². The van der Waals surface area contributed by atoms with E-state index in [-0.39, 0.29) is 96.3 Å². The third kappa shape index (κ3) is 700. The van der Waals surface area contributed by atoms with Crippen LogP contribution in [0.1, 0.15) is 0 Å². The van der Waals surface area contributed by atoms with E-state index in [1.807, 2.05) is 0 Å². The SMILES string of the molecule is O.O.O.O=S([O-])[O-].O=S([O-])[O-].O=S([O-])[O-].[Gd+3].[Gd+3]. The van der Waals surface area contributed by atoms with E-state index in [1.165, 1.54) is 0 Å². The normalized spacial score (nSPS) is 6.18. The molecular weight excluding hydrogens is 603 g/mol. The number of hydrogen-bond acceptors (Lipinski definition) is 9. The summed E-state index contributed by atoms with van der Waals surface area (Å²) in [5.74, 6) is 0. The van der Waals surface area contributed by atoms with Gasteiger partial charge < -0.3 is 43.7 Å². The molecule has 2 radical (unpaired) electrons. The molecule has 0 fully saturated rings. The Morgan fingerprint density at radius 1 is 0.471 bits per heavy atom. The van der Waals surface area contributed by atoms with Crippen LogP contribution in [0.15, 0.2) is 0 Å². The fourth-order valence-corrected chi connectivity index (χ4v) is 0. The molecule has 0 heterocycles. The summed E-state index contributed by atoms with van der Waals surface area (Å²) in [6, 6.07) is 0. The monoisotopic (exact) mass is 610 g/mol. The van der Waals surface area contributed by atoms with Crippen LogP contribution in [0.4, 0.5) is 0 Å². The van der Waals surface area contributed by atoms with Crippen LogP contribution in [0.25, 0.3) is 0 Å². The molecule has 0 aliphatic rings. The van der Waals surface area contributed by atoms with E-state index >= 15 is 0 Å². The van der Waals surface area contributed by atoms with E-state index in [0.717, 1.165) is 0 Å². The molecule has 112 valence electrons. The van der Waals surface area contributed by atoms with Gasteiger partial charge in [-0.25, -0.2) is 0 Å². The number of hydrogen-bond donors (Lipinski definition) is 0. The van der Waals surface area contributed by atoms with Gasteiger partial charge in [-0.1, -0.05) is 0 Å². The molecule has 0 aromatic rings. The van der Waals surface area contributed by atoms with Crippen LogP contribution in [0, 0.1) is 79.9 Å². The van der Waals surface area contributed by atoms with Crippen molar-refractivity contribution in [2.45, 2.75) is 0 Å². The summed E-state index contributed by atoms with van der Waals surface area (Å²) in [5.41, 5.74) is 0. The number of rotatable bonds is 0. The molecule has 0 saturated carbocycles. The average Bonchev–Trinajstić information content (AvgIpc) is 1.54. The molecule has 0 atom stereocenters. The van der Waals surface area contributed by atoms with Gasteiger partial charge >= 0.3 is 79.9 Å². The summed E-state index contributed by atoms with van der Waals surface area (Å²) >= 11 is -9.33. The zero-order valence-corrected chi connectivity index (χ0v) is 14.1. The first kappa shape index (κ1) is 50.3. The van der Waals surface area contributed by atoms with Crippen molar-refractivity contribution in [3.8, 4) is 0 Å². The van der Waals surface area contributed by atoms with Crippen molar-refractivity contribution in [2.24, 2.45) is 0 Å². The molecule has 0 amide bonds. The molecule has 0 spiro atoms. The Labute approximate surface area is 167 Å². The van der Waals surface area contributed by atoms with Crippen LogP contribution in [0.2, 0.25) is 0 Å². The second-order valence-electron chi connectivity index (χ2n) is 0.612. The summed E-state index contributed by atoms with van der Waals surface area (Å²) in [5, 5.41) is 0. The van der Waals surface area contributed by atoms with Gasteiger partial charge in [-0.15, -0.1) is 34.1 Å². The minimum atomic E-state index is -3.11. The van der Waals surface area contributed by atoms with Crippen molar-refractivity contribution < 1.29 is 136 Å². The minimum Gasteiger partial charge on any atom is -0.784 e. The molecule has 0 rings (SSSR count). The first-order valence-corrected chi connectivity index (χ1v) is 4.50. The first-order chi connectivity index (χ1) is 5.20. The summed E-state index contributed by atoms with van der Waals surface area (Å²) < 4.78 is 76.0. The quantitative estimate of drug-likeness (QED) is 0.237. The van der Waals surface area contributed by atoms with Crippen molar-refractivity contribution in [1.82, 2.24) is 0 Å². The van der Waals surface area contributed by atoms with Crippen LogP contribution in [0.3, 0.4) is 0 Å². The van der Waals surface area contributed by atoms with Crippen molar-refractivity contribution in [3.05, 3.63) is 0 Å². The Morgan fingerprint density at radius 2 is 0.471 bits per heavy atom. The first-order valence-electron chi connectivity index (χ1n) is 1.50. The summed E-state index contributed by atoms with van der Waals surface area (Å²) in [6.45, 7) is 0. The maximum atomic E-state index is 8.44. The third-order valence-electron chi connectivity index (χ3n) is 0. The molecule has 0 aliphatic carbocycles. The van der Waals surface area contributed by atoms with Crippen LogP contribution < -0.4 is 0 Å². The van der Waals surface area contributed by atoms with Crippen molar-refractivity contribution >= 4 is 34.1 Å². The fraction of sp³-hybridized carbons (Fsp3) is 0. The van der Waals surface area contributed by atoms with Gasteiger partial charge in [-0.3, -0.25) is 12.6 Å². The van der Waals surface area contributed by atoms with Gasteiger partial charge in [0.05, 0.1) is 0 Å². The van der Waals surface area contributed by atoms with Gasteiger partial charge in [0, 0.05) is 0 Å². The maximum Gasteiger partial charge on any atom is 3.00 e. The van der Waals surface area contributed by atoms with Gasteiger partial charge in [0.1, 0.15) is 0 Å². The zero-order chi connectivity index (χ0) is 10.7. The summed E-state index contributed by atoms with van der Waals surface area (Å²) in [7, 11) is 0. The molecule has 0 unspecified atom stereocenters. The smallest absolute Gasteiger partial charge is 0.784 e. The second-order valence-corrected chi connectivity index (χ2v) is 1.84. The van der Waals surface area contributed by atoms with E-state index < -0.39 is 34.1 Å². The van der Waals surface area contributed by atoms with Gasteiger partial charge in [-0.2, -0.15) is 0 Å². The van der Waals surface area contributed by atoms with E-state index in [9.17, 15) is 0 Å². The molecule has 17 heavy (non-hydrogen) atoms. The molecule has 17 heteroatoms. The van der Waals surface area contributed by atoms with Crippen molar-refractivity contribution in [2.75, 3.05) is 0 Å². The van der Waals surface area contributed by atoms with Crippen LogP contribution in [-0.4, -0.2) is 56.4 Å². The Bertz CT molecular complexity index is 117. The van der Waals surface area contributed by atoms with E-state index in [2.05, 4.69) is 0 Å². The minimum absolute atomic E-state index is 0. The molecule has 6 N–H and O–H groups in total. The van der Waals surface area contributed by atoms with Gasteiger partial charge in [-0.05, 0) is 0 Å². The topological polar surface area (TPSA) is 284 Å². The molecule has 0 bridgehead atoms. The third-order valence-corrected chi connectivity index (χ3v) is 0.